The predicted octanol–water partition coefficient (Wildman–Crippen LogP) is 0.917. The van der Waals surface area contributed by atoms with Gasteiger partial charge in [-0.15, -0.1) is 0 Å². The molecule has 1 aliphatic heterocycles. The Labute approximate surface area is 126 Å². The number of hydrogen-bond donors (Lipinski definition) is 1. The lowest BCUT2D eigenvalue weighted by atomic mass is 10.2. The lowest BCUT2D eigenvalue weighted by Gasteiger charge is -2.03. The van der Waals surface area contributed by atoms with E-state index in [9.17, 15) is 4.79 Å². The molecule has 0 atom stereocenters. The third-order valence-corrected chi connectivity index (χ3v) is 3.07. The summed E-state index contributed by atoms with van der Waals surface area (Å²) in [6.45, 7) is 0.864. The van der Waals surface area contributed by atoms with Gasteiger partial charge in [-0.2, -0.15) is 4.98 Å². The average molecular weight is 305 g/mol. The minimum absolute atomic E-state index is 0.174. The zero-order chi connectivity index (χ0) is 15.4. The van der Waals surface area contributed by atoms with Crippen LogP contribution in [0.4, 0.5) is 0 Å². The van der Waals surface area contributed by atoms with Crippen molar-refractivity contribution in [2.24, 2.45) is 0 Å². The van der Waals surface area contributed by atoms with E-state index in [0.717, 1.165) is 0 Å². The monoisotopic (exact) mass is 305 g/mol. The van der Waals surface area contributed by atoms with E-state index in [4.69, 9.17) is 18.7 Å². The number of carbonyl (C=O) groups is 1. The van der Waals surface area contributed by atoms with Gasteiger partial charge in [-0.05, 0) is 18.2 Å². The van der Waals surface area contributed by atoms with Gasteiger partial charge in [0.05, 0.1) is 19.6 Å². The van der Waals surface area contributed by atoms with Gasteiger partial charge in [0.25, 0.3) is 5.91 Å². The summed E-state index contributed by atoms with van der Waals surface area (Å²) in [5, 5.41) is 6.52. The molecule has 8 nitrogen and oxygen atoms in total. The Morgan fingerprint density at radius 1 is 1.36 bits per heavy atom. The van der Waals surface area contributed by atoms with E-state index < -0.39 is 0 Å². The second kappa shape index (κ2) is 6.44. The highest BCUT2D eigenvalue weighted by Gasteiger charge is 2.16. The van der Waals surface area contributed by atoms with E-state index in [1.54, 1.807) is 25.3 Å². The number of nitrogens with zero attached hydrogens (tertiary/aromatic N) is 2. The van der Waals surface area contributed by atoms with Crippen LogP contribution in [-0.2, 0) is 17.7 Å². The van der Waals surface area contributed by atoms with Crippen molar-refractivity contribution in [3.63, 3.8) is 0 Å². The summed E-state index contributed by atoms with van der Waals surface area (Å²) in [7, 11) is 1.60. The summed E-state index contributed by atoms with van der Waals surface area (Å²) < 4.78 is 20.4. The van der Waals surface area contributed by atoms with Crippen LogP contribution in [0.2, 0.25) is 0 Å². The topological polar surface area (TPSA) is 95.7 Å². The van der Waals surface area contributed by atoms with Gasteiger partial charge >= 0.3 is 0 Å². The van der Waals surface area contributed by atoms with Crippen LogP contribution in [0.5, 0.6) is 11.5 Å². The van der Waals surface area contributed by atoms with Gasteiger partial charge in [0, 0.05) is 12.7 Å². The molecule has 0 bridgehead atoms. The number of aromatic nitrogens is 2. The lowest BCUT2D eigenvalue weighted by molar-refractivity contribution is 0.0949. The van der Waals surface area contributed by atoms with Crippen molar-refractivity contribution < 1.29 is 23.5 Å². The van der Waals surface area contributed by atoms with E-state index in [-0.39, 0.29) is 19.2 Å². The van der Waals surface area contributed by atoms with Gasteiger partial charge in [0.15, 0.2) is 17.3 Å². The van der Waals surface area contributed by atoms with Crippen LogP contribution in [0.3, 0.4) is 0 Å². The van der Waals surface area contributed by atoms with Crippen molar-refractivity contribution >= 4 is 5.91 Å². The van der Waals surface area contributed by atoms with Crippen molar-refractivity contribution in [1.82, 2.24) is 15.5 Å². The first-order valence-corrected chi connectivity index (χ1v) is 6.74. The molecule has 0 radical (unpaired) electrons. The van der Waals surface area contributed by atoms with Crippen molar-refractivity contribution in [1.29, 1.82) is 0 Å². The Morgan fingerprint density at radius 3 is 3.09 bits per heavy atom. The Bertz CT molecular complexity index is 670. The van der Waals surface area contributed by atoms with Crippen LogP contribution < -0.4 is 14.8 Å². The molecule has 0 fully saturated rings. The summed E-state index contributed by atoms with van der Waals surface area (Å²) in [5.74, 6) is 1.85. The van der Waals surface area contributed by atoms with Crippen molar-refractivity contribution in [3.8, 4) is 11.5 Å². The maximum absolute atomic E-state index is 12.1. The van der Waals surface area contributed by atoms with Crippen LogP contribution in [-0.4, -0.2) is 36.6 Å². The van der Waals surface area contributed by atoms with E-state index in [2.05, 4.69) is 15.5 Å². The Kier molecular flexibility index (Phi) is 4.19. The molecule has 3 rings (SSSR count). The van der Waals surface area contributed by atoms with Gasteiger partial charge in [0.1, 0.15) is 0 Å². The molecule has 116 valence electrons. The maximum atomic E-state index is 12.1. The quantitative estimate of drug-likeness (QED) is 0.847. The molecule has 1 aromatic heterocycles. The van der Waals surface area contributed by atoms with E-state index in [0.29, 0.717) is 41.8 Å². The van der Waals surface area contributed by atoms with E-state index in [1.165, 1.54) is 0 Å². The number of rotatable bonds is 6. The molecular weight excluding hydrogens is 290 g/mol. The molecular formula is C14H15N3O5. The third-order valence-electron chi connectivity index (χ3n) is 3.07. The molecule has 8 heteroatoms. The number of amides is 1. The number of fused-ring (bicyclic) bond motifs is 1. The van der Waals surface area contributed by atoms with Crippen LogP contribution in [0.15, 0.2) is 22.7 Å². The number of carbonyl (C=O) groups excluding carboxylic acids is 1. The number of ether oxygens (including phenoxy) is 3. The Morgan fingerprint density at radius 2 is 2.23 bits per heavy atom. The second-order valence-electron chi connectivity index (χ2n) is 4.60. The number of hydrogen-bond acceptors (Lipinski definition) is 7. The van der Waals surface area contributed by atoms with Crippen molar-refractivity contribution in [2.45, 2.75) is 13.0 Å². The minimum atomic E-state index is -0.249. The predicted molar refractivity (Wildman–Crippen MR) is 73.6 cm³/mol. The van der Waals surface area contributed by atoms with Gasteiger partial charge in [-0.3, -0.25) is 4.79 Å². The fraction of sp³-hybridized carbons (Fsp3) is 0.357. The molecule has 0 unspecified atom stereocenters. The van der Waals surface area contributed by atoms with Gasteiger partial charge in [0.2, 0.25) is 12.7 Å². The molecule has 1 amide bonds. The van der Waals surface area contributed by atoms with Gasteiger partial charge in [-0.25, -0.2) is 0 Å². The minimum Gasteiger partial charge on any atom is -0.454 e. The van der Waals surface area contributed by atoms with E-state index in [1.807, 2.05) is 0 Å². The summed E-state index contributed by atoms with van der Waals surface area (Å²) in [5.41, 5.74) is 0.479. The molecule has 1 aromatic carbocycles. The fourth-order valence-corrected chi connectivity index (χ4v) is 1.95. The van der Waals surface area contributed by atoms with Crippen molar-refractivity contribution in [2.75, 3.05) is 20.5 Å². The largest absolute Gasteiger partial charge is 0.454 e. The summed E-state index contributed by atoms with van der Waals surface area (Å²) in [6, 6.07) is 5.01. The first-order chi connectivity index (χ1) is 10.8. The third kappa shape index (κ3) is 3.17. The first-order valence-electron chi connectivity index (χ1n) is 6.74. The number of benzene rings is 1. The lowest BCUT2D eigenvalue weighted by Crippen LogP contribution is -2.23. The highest BCUT2D eigenvalue weighted by Crippen LogP contribution is 2.32. The summed E-state index contributed by atoms with van der Waals surface area (Å²) in [6.07, 6.45) is 0.541. The molecule has 2 aromatic rings. The average Bonchev–Trinajstić information content (AvgIpc) is 3.18. The highest BCUT2D eigenvalue weighted by molar-refractivity contribution is 5.94. The molecule has 0 spiro atoms. The van der Waals surface area contributed by atoms with Crippen LogP contribution >= 0.6 is 0 Å². The van der Waals surface area contributed by atoms with E-state index >= 15 is 0 Å². The molecule has 0 saturated heterocycles. The summed E-state index contributed by atoms with van der Waals surface area (Å²) in [4.78, 5) is 16.2. The Balaban J connectivity index is 1.57. The maximum Gasteiger partial charge on any atom is 0.251 e. The fourth-order valence-electron chi connectivity index (χ4n) is 1.95. The molecule has 22 heavy (non-hydrogen) atoms. The van der Waals surface area contributed by atoms with Gasteiger partial charge < -0.3 is 24.1 Å². The molecule has 1 aliphatic rings. The Hall–Kier alpha value is -2.61. The zero-order valence-corrected chi connectivity index (χ0v) is 12.0. The van der Waals surface area contributed by atoms with Crippen LogP contribution in [0.1, 0.15) is 22.1 Å². The van der Waals surface area contributed by atoms with Crippen LogP contribution in [0.25, 0.3) is 0 Å². The van der Waals surface area contributed by atoms with Crippen molar-refractivity contribution in [3.05, 3.63) is 35.5 Å². The second-order valence-corrected chi connectivity index (χ2v) is 4.60. The first kappa shape index (κ1) is 14.3. The molecule has 2 heterocycles. The van der Waals surface area contributed by atoms with Crippen LogP contribution in [0, 0.1) is 0 Å². The summed E-state index contributed by atoms with van der Waals surface area (Å²) >= 11 is 0. The zero-order valence-electron chi connectivity index (χ0n) is 12.0. The SMILES string of the molecule is COCCc1nc(CNC(=O)c2ccc3c(c2)OCO3)no1. The smallest absolute Gasteiger partial charge is 0.251 e. The molecule has 0 saturated carbocycles. The molecule has 1 N–H and O–H groups in total. The standard InChI is InChI=1S/C14H15N3O5/c1-19-5-4-13-16-12(17-22-13)7-15-14(18)9-2-3-10-11(6-9)21-8-20-10/h2-3,6H,4-5,7-8H2,1H3,(H,15,18). The van der Waals surface area contributed by atoms with Gasteiger partial charge in [-0.1, -0.05) is 5.16 Å². The number of methoxy groups -OCH3 is 1. The number of nitrogens with one attached hydrogen (secondary N) is 1. The normalized spacial score (nSPS) is 12.4. The highest BCUT2D eigenvalue weighted by atomic mass is 16.7. The molecule has 0 aliphatic carbocycles.